The Morgan fingerprint density at radius 2 is 1.95 bits per heavy atom. The number of H-pyrrole nitrogens is 1. The van der Waals surface area contributed by atoms with Gasteiger partial charge in [0.1, 0.15) is 11.5 Å². The van der Waals surface area contributed by atoms with Crippen LogP contribution in [-0.2, 0) is 0 Å². The van der Waals surface area contributed by atoms with E-state index in [9.17, 15) is 0 Å². The summed E-state index contributed by atoms with van der Waals surface area (Å²) in [6.07, 6.45) is 10.4. The molecule has 0 aliphatic carbocycles. The summed E-state index contributed by atoms with van der Waals surface area (Å²) in [6, 6.07) is 2.20. The molecule has 0 spiro atoms. The standard InChI is InChI=1S/C14H11N7O/c1-22-14-16-5-9(6-17-14)11-4-12-15-2-3-21(12)13(20-11)10-7-18-19-8-10/h2-8H,1H3,(H,18,19). The van der Waals surface area contributed by atoms with Gasteiger partial charge in [-0.1, -0.05) is 0 Å². The lowest BCUT2D eigenvalue weighted by Gasteiger charge is -2.07. The van der Waals surface area contributed by atoms with Crippen LogP contribution in [0.2, 0.25) is 0 Å². The number of aromatic nitrogens is 7. The van der Waals surface area contributed by atoms with Crippen LogP contribution in [0.1, 0.15) is 0 Å². The molecule has 0 saturated heterocycles. The lowest BCUT2D eigenvalue weighted by Crippen LogP contribution is -1.98. The number of imidazole rings is 1. The highest BCUT2D eigenvalue weighted by Gasteiger charge is 2.11. The van der Waals surface area contributed by atoms with E-state index in [0.29, 0.717) is 6.01 Å². The Balaban J connectivity index is 1.91. The third-order valence-corrected chi connectivity index (χ3v) is 3.25. The zero-order valence-corrected chi connectivity index (χ0v) is 11.6. The minimum atomic E-state index is 0.320. The molecular weight excluding hydrogens is 282 g/mol. The molecule has 4 aromatic heterocycles. The van der Waals surface area contributed by atoms with Crippen LogP contribution in [0.5, 0.6) is 6.01 Å². The maximum absolute atomic E-state index is 4.97. The number of rotatable bonds is 3. The predicted octanol–water partition coefficient (Wildman–Crippen LogP) is 1.58. The second-order valence-electron chi connectivity index (χ2n) is 4.57. The highest BCUT2D eigenvalue weighted by molar-refractivity contribution is 5.67. The minimum absolute atomic E-state index is 0.320. The van der Waals surface area contributed by atoms with Crippen molar-refractivity contribution < 1.29 is 4.74 Å². The molecule has 4 heterocycles. The molecule has 0 radical (unpaired) electrons. The minimum Gasteiger partial charge on any atom is -0.467 e. The van der Waals surface area contributed by atoms with E-state index in [1.54, 1.807) is 31.0 Å². The van der Waals surface area contributed by atoms with E-state index in [1.165, 1.54) is 7.11 Å². The first-order valence-corrected chi connectivity index (χ1v) is 6.55. The van der Waals surface area contributed by atoms with Gasteiger partial charge in [0.2, 0.25) is 0 Å². The predicted molar refractivity (Wildman–Crippen MR) is 78.1 cm³/mol. The van der Waals surface area contributed by atoms with Crippen LogP contribution in [0.25, 0.3) is 28.3 Å². The summed E-state index contributed by atoms with van der Waals surface area (Å²) in [5, 5.41) is 6.77. The Hall–Kier alpha value is -3.29. The van der Waals surface area contributed by atoms with Crippen molar-refractivity contribution in [2.24, 2.45) is 0 Å². The van der Waals surface area contributed by atoms with Gasteiger partial charge in [-0.2, -0.15) is 5.10 Å². The van der Waals surface area contributed by atoms with Gasteiger partial charge in [-0.15, -0.1) is 0 Å². The molecular formula is C14H11N7O. The summed E-state index contributed by atoms with van der Waals surface area (Å²) < 4.78 is 6.88. The number of hydrogen-bond donors (Lipinski definition) is 1. The van der Waals surface area contributed by atoms with Gasteiger partial charge < -0.3 is 4.74 Å². The molecule has 0 atom stereocenters. The van der Waals surface area contributed by atoms with Gasteiger partial charge in [-0.25, -0.2) is 19.9 Å². The fourth-order valence-corrected chi connectivity index (χ4v) is 2.20. The van der Waals surface area contributed by atoms with Crippen LogP contribution in [-0.4, -0.2) is 41.6 Å². The summed E-state index contributed by atoms with van der Waals surface area (Å²) in [6.45, 7) is 0. The first kappa shape index (κ1) is 12.5. The largest absolute Gasteiger partial charge is 0.467 e. The van der Waals surface area contributed by atoms with Gasteiger partial charge in [-0.3, -0.25) is 9.50 Å². The number of methoxy groups -OCH3 is 1. The molecule has 0 amide bonds. The summed E-state index contributed by atoms with van der Waals surface area (Å²) in [7, 11) is 1.53. The van der Waals surface area contributed by atoms with Crippen LogP contribution in [0.3, 0.4) is 0 Å². The van der Waals surface area contributed by atoms with Gasteiger partial charge in [0.15, 0.2) is 0 Å². The van der Waals surface area contributed by atoms with Crippen molar-refractivity contribution >= 4 is 5.65 Å². The molecule has 0 bridgehead atoms. The molecule has 0 fully saturated rings. The fraction of sp³-hybridized carbons (Fsp3) is 0.0714. The number of aromatic amines is 1. The Bertz CT molecular complexity index is 912. The summed E-state index contributed by atoms with van der Waals surface area (Å²) in [5.74, 6) is 0.745. The fourth-order valence-electron chi connectivity index (χ4n) is 2.20. The summed E-state index contributed by atoms with van der Waals surface area (Å²) in [5.41, 5.74) is 3.19. The second-order valence-corrected chi connectivity index (χ2v) is 4.57. The number of nitrogens with zero attached hydrogens (tertiary/aromatic N) is 6. The number of nitrogens with one attached hydrogen (secondary N) is 1. The first-order chi connectivity index (χ1) is 10.8. The third kappa shape index (κ3) is 1.97. The topological polar surface area (TPSA) is 93.9 Å². The molecule has 4 aromatic rings. The zero-order chi connectivity index (χ0) is 14.9. The van der Waals surface area contributed by atoms with Crippen LogP contribution < -0.4 is 4.74 Å². The van der Waals surface area contributed by atoms with Crippen molar-refractivity contribution in [3.63, 3.8) is 0 Å². The van der Waals surface area contributed by atoms with Crippen molar-refractivity contribution in [2.45, 2.75) is 0 Å². The van der Waals surface area contributed by atoms with Gasteiger partial charge >= 0.3 is 6.01 Å². The molecule has 0 aromatic carbocycles. The quantitative estimate of drug-likeness (QED) is 0.616. The number of ether oxygens (including phenoxy) is 1. The Morgan fingerprint density at radius 3 is 2.68 bits per heavy atom. The van der Waals surface area contributed by atoms with Gasteiger partial charge in [0.05, 0.1) is 24.6 Å². The summed E-state index contributed by atoms with van der Waals surface area (Å²) >= 11 is 0. The van der Waals surface area contributed by atoms with E-state index >= 15 is 0 Å². The molecule has 0 saturated carbocycles. The van der Waals surface area contributed by atoms with Crippen LogP contribution in [0.15, 0.2) is 43.2 Å². The highest BCUT2D eigenvalue weighted by atomic mass is 16.5. The third-order valence-electron chi connectivity index (χ3n) is 3.25. The Kier molecular flexibility index (Phi) is 2.78. The van der Waals surface area contributed by atoms with Crippen molar-refractivity contribution in [3.05, 3.63) is 43.2 Å². The number of hydrogen-bond acceptors (Lipinski definition) is 6. The van der Waals surface area contributed by atoms with Gasteiger partial charge in [0.25, 0.3) is 0 Å². The van der Waals surface area contributed by atoms with Gasteiger partial charge in [0, 0.05) is 42.6 Å². The lowest BCUT2D eigenvalue weighted by atomic mass is 10.2. The molecule has 0 aliphatic heterocycles. The molecule has 1 N–H and O–H groups in total. The molecule has 22 heavy (non-hydrogen) atoms. The maximum Gasteiger partial charge on any atom is 0.316 e. The van der Waals surface area contributed by atoms with Crippen molar-refractivity contribution in [2.75, 3.05) is 7.11 Å². The SMILES string of the molecule is COc1ncc(-c2cc3nccn3c(-c3cn[nH]c3)n2)cn1. The maximum atomic E-state index is 4.97. The molecule has 8 heteroatoms. The van der Waals surface area contributed by atoms with Crippen molar-refractivity contribution in [1.29, 1.82) is 0 Å². The van der Waals surface area contributed by atoms with E-state index < -0.39 is 0 Å². The van der Waals surface area contributed by atoms with E-state index in [0.717, 1.165) is 28.3 Å². The average molecular weight is 293 g/mol. The second kappa shape index (κ2) is 4.92. The lowest BCUT2D eigenvalue weighted by molar-refractivity contribution is 0.380. The van der Waals surface area contributed by atoms with E-state index in [4.69, 9.17) is 4.74 Å². The molecule has 0 aliphatic rings. The number of fused-ring (bicyclic) bond motifs is 1. The van der Waals surface area contributed by atoms with Crippen molar-refractivity contribution in [1.82, 2.24) is 34.5 Å². The highest BCUT2D eigenvalue weighted by Crippen LogP contribution is 2.23. The molecule has 8 nitrogen and oxygen atoms in total. The van der Waals surface area contributed by atoms with E-state index in [-0.39, 0.29) is 0 Å². The van der Waals surface area contributed by atoms with Crippen LogP contribution >= 0.6 is 0 Å². The first-order valence-electron chi connectivity index (χ1n) is 6.55. The van der Waals surface area contributed by atoms with E-state index in [1.807, 2.05) is 16.7 Å². The smallest absolute Gasteiger partial charge is 0.316 e. The van der Waals surface area contributed by atoms with Crippen molar-refractivity contribution in [3.8, 4) is 28.7 Å². The Morgan fingerprint density at radius 1 is 1.09 bits per heavy atom. The monoisotopic (exact) mass is 293 g/mol. The van der Waals surface area contributed by atoms with Gasteiger partial charge in [-0.05, 0) is 0 Å². The molecule has 4 rings (SSSR count). The molecule has 108 valence electrons. The average Bonchev–Trinajstić information content (AvgIpc) is 3.25. The van der Waals surface area contributed by atoms with E-state index in [2.05, 4.69) is 30.1 Å². The van der Waals surface area contributed by atoms with Crippen LogP contribution in [0.4, 0.5) is 0 Å². The normalized spacial score (nSPS) is 11.0. The molecule has 0 unspecified atom stereocenters. The van der Waals surface area contributed by atoms with Crippen LogP contribution in [0, 0.1) is 0 Å². The Labute approximate surface area is 124 Å². The zero-order valence-electron chi connectivity index (χ0n) is 11.6. The summed E-state index contributed by atoms with van der Waals surface area (Å²) in [4.78, 5) is 17.2.